The average molecular weight is 403 g/mol. The first kappa shape index (κ1) is 20.3. The molecule has 1 saturated heterocycles. The van der Waals surface area contributed by atoms with Gasteiger partial charge in [0.15, 0.2) is 11.5 Å². The lowest BCUT2D eigenvalue weighted by atomic mass is 9.86. The number of benzene rings is 1. The Labute approximate surface area is 174 Å². The van der Waals surface area contributed by atoms with Crippen LogP contribution in [0.15, 0.2) is 12.1 Å². The molecule has 160 valence electrons. The normalized spacial score (nSPS) is 26.6. The highest BCUT2D eigenvalue weighted by molar-refractivity contribution is 5.76. The molecular weight excluding hydrogens is 368 g/mol. The molecule has 1 aromatic carbocycles. The van der Waals surface area contributed by atoms with Crippen LogP contribution in [0.4, 0.5) is 0 Å². The van der Waals surface area contributed by atoms with E-state index in [4.69, 9.17) is 14.2 Å². The zero-order chi connectivity index (χ0) is 20.4. The Kier molecular flexibility index (Phi) is 6.18. The highest BCUT2D eigenvalue weighted by Gasteiger charge is 2.40. The Balaban J connectivity index is 1.31. The fraction of sp³-hybridized carbons (Fsp3) is 0.696. The summed E-state index contributed by atoms with van der Waals surface area (Å²) in [4.78, 5) is 17.3. The molecule has 4 rings (SSSR count). The summed E-state index contributed by atoms with van der Waals surface area (Å²) in [6, 6.07) is 3.96. The van der Waals surface area contributed by atoms with E-state index >= 15 is 0 Å². The summed E-state index contributed by atoms with van der Waals surface area (Å²) in [5.41, 5.74) is 1.08. The van der Waals surface area contributed by atoms with Gasteiger partial charge in [-0.1, -0.05) is 12.5 Å². The number of hydrogen-bond donors (Lipinski definition) is 0. The average Bonchev–Trinajstić information content (AvgIpc) is 3.37. The van der Waals surface area contributed by atoms with E-state index < -0.39 is 0 Å². The molecule has 2 saturated carbocycles. The first-order valence-corrected chi connectivity index (χ1v) is 10.9. The second-order valence-electron chi connectivity index (χ2n) is 8.79. The van der Waals surface area contributed by atoms with Crippen LogP contribution in [0, 0.1) is 17.8 Å². The van der Waals surface area contributed by atoms with Crippen molar-refractivity contribution in [3.63, 3.8) is 0 Å². The van der Waals surface area contributed by atoms with Crippen LogP contribution in [0.2, 0.25) is 0 Å². The molecule has 3 atom stereocenters. The summed E-state index contributed by atoms with van der Waals surface area (Å²) < 4.78 is 16.5. The molecule has 1 heterocycles. The molecule has 0 aromatic heterocycles. The first-order valence-electron chi connectivity index (χ1n) is 10.9. The fourth-order valence-electron chi connectivity index (χ4n) is 5.66. The van der Waals surface area contributed by atoms with Crippen molar-refractivity contribution in [3.05, 3.63) is 17.7 Å². The minimum Gasteiger partial charge on any atom is -0.493 e. The van der Waals surface area contributed by atoms with Gasteiger partial charge in [0.1, 0.15) is 0 Å². The van der Waals surface area contributed by atoms with Crippen molar-refractivity contribution in [2.75, 3.05) is 47.5 Å². The Morgan fingerprint density at radius 3 is 2.31 bits per heavy atom. The molecule has 6 heteroatoms. The number of nitrogens with zero attached hydrogens (tertiary/aromatic N) is 2. The van der Waals surface area contributed by atoms with Crippen LogP contribution in [-0.4, -0.2) is 63.2 Å². The molecule has 1 amide bonds. The third-order valence-corrected chi connectivity index (χ3v) is 7.23. The number of ether oxygens (including phenoxy) is 3. The van der Waals surface area contributed by atoms with Crippen molar-refractivity contribution in [1.82, 2.24) is 9.80 Å². The van der Waals surface area contributed by atoms with E-state index in [1.807, 2.05) is 12.1 Å². The van der Waals surface area contributed by atoms with E-state index in [0.717, 1.165) is 62.3 Å². The van der Waals surface area contributed by atoms with Gasteiger partial charge in [-0.25, -0.2) is 0 Å². The Bertz CT molecular complexity index is 730. The lowest BCUT2D eigenvalue weighted by Gasteiger charge is -2.36. The van der Waals surface area contributed by atoms with Crippen molar-refractivity contribution >= 4 is 5.91 Å². The molecule has 0 unspecified atom stereocenters. The summed E-state index contributed by atoms with van der Waals surface area (Å²) >= 11 is 0. The maximum Gasteiger partial charge on any atom is 0.222 e. The van der Waals surface area contributed by atoms with E-state index in [9.17, 15) is 4.79 Å². The zero-order valence-corrected chi connectivity index (χ0v) is 18.0. The van der Waals surface area contributed by atoms with Crippen molar-refractivity contribution in [1.29, 1.82) is 0 Å². The van der Waals surface area contributed by atoms with Crippen molar-refractivity contribution < 1.29 is 19.0 Å². The van der Waals surface area contributed by atoms with Gasteiger partial charge in [0.25, 0.3) is 0 Å². The van der Waals surface area contributed by atoms with Gasteiger partial charge in [-0.3, -0.25) is 9.69 Å². The smallest absolute Gasteiger partial charge is 0.222 e. The standard InChI is InChI=1S/C23H34N2O4/c1-27-20-7-6-18(22(28-2)23(20)29-3)15-24-8-10-25(11-9-24)21(26)14-19-13-16-4-5-17(19)12-16/h6-7,16-17,19H,4-5,8-15H2,1-3H3/t16-,17+,19-/m0/s1. The van der Waals surface area contributed by atoms with Crippen molar-refractivity contribution in [2.45, 2.75) is 38.6 Å². The minimum atomic E-state index is 0.367. The second kappa shape index (κ2) is 8.82. The van der Waals surface area contributed by atoms with E-state index in [2.05, 4.69) is 9.80 Å². The number of amides is 1. The van der Waals surface area contributed by atoms with Crippen LogP contribution >= 0.6 is 0 Å². The monoisotopic (exact) mass is 402 g/mol. The van der Waals surface area contributed by atoms with Gasteiger partial charge in [-0.2, -0.15) is 0 Å². The van der Waals surface area contributed by atoms with Crippen molar-refractivity contribution in [2.24, 2.45) is 17.8 Å². The maximum absolute atomic E-state index is 12.8. The van der Waals surface area contributed by atoms with Gasteiger partial charge in [0.05, 0.1) is 21.3 Å². The van der Waals surface area contributed by atoms with Gasteiger partial charge in [0.2, 0.25) is 11.7 Å². The van der Waals surface area contributed by atoms with Gasteiger partial charge in [0, 0.05) is 44.7 Å². The molecular formula is C23H34N2O4. The molecule has 0 spiro atoms. The number of fused-ring (bicyclic) bond motifs is 2. The molecule has 6 nitrogen and oxygen atoms in total. The number of piperazine rings is 1. The predicted octanol–water partition coefficient (Wildman–Crippen LogP) is 3.18. The number of methoxy groups -OCH3 is 3. The highest BCUT2D eigenvalue weighted by Crippen LogP contribution is 2.49. The SMILES string of the molecule is COc1ccc(CN2CCN(C(=O)C[C@@H]3C[C@H]4CC[C@@H]3C4)CC2)c(OC)c1OC. The predicted molar refractivity (Wildman–Crippen MR) is 112 cm³/mol. The third-order valence-electron chi connectivity index (χ3n) is 7.23. The molecule has 0 N–H and O–H groups in total. The number of carbonyl (C=O) groups excluding carboxylic acids is 1. The van der Waals surface area contributed by atoms with Crippen molar-refractivity contribution in [3.8, 4) is 17.2 Å². The quantitative estimate of drug-likeness (QED) is 0.701. The summed E-state index contributed by atoms with van der Waals surface area (Å²) in [5, 5.41) is 0. The zero-order valence-electron chi connectivity index (χ0n) is 18.0. The van der Waals surface area contributed by atoms with E-state index in [1.165, 1.54) is 25.7 Å². The fourth-order valence-corrected chi connectivity index (χ4v) is 5.66. The Morgan fingerprint density at radius 2 is 1.72 bits per heavy atom. The Morgan fingerprint density at radius 1 is 0.966 bits per heavy atom. The summed E-state index contributed by atoms with van der Waals surface area (Å²) in [5.74, 6) is 4.77. The summed E-state index contributed by atoms with van der Waals surface area (Å²) in [7, 11) is 4.92. The first-order chi connectivity index (χ1) is 14.1. The molecule has 2 bridgehead atoms. The third kappa shape index (κ3) is 4.18. The lowest BCUT2D eigenvalue weighted by molar-refractivity contribution is -0.134. The summed E-state index contributed by atoms with van der Waals surface area (Å²) in [6.07, 6.45) is 6.18. The molecule has 3 fully saturated rings. The van der Waals surface area contributed by atoms with Crippen LogP contribution in [0.1, 0.15) is 37.7 Å². The molecule has 0 radical (unpaired) electrons. The maximum atomic E-state index is 12.8. The van der Waals surface area contributed by atoms with Crippen LogP contribution in [0.3, 0.4) is 0 Å². The largest absolute Gasteiger partial charge is 0.493 e. The number of carbonyl (C=O) groups is 1. The van der Waals surface area contributed by atoms with Crippen LogP contribution in [0.5, 0.6) is 17.2 Å². The lowest BCUT2D eigenvalue weighted by Crippen LogP contribution is -2.48. The number of hydrogen-bond acceptors (Lipinski definition) is 5. The van der Waals surface area contributed by atoms with Crippen LogP contribution in [-0.2, 0) is 11.3 Å². The van der Waals surface area contributed by atoms with Crippen LogP contribution < -0.4 is 14.2 Å². The van der Waals surface area contributed by atoms with Gasteiger partial charge >= 0.3 is 0 Å². The van der Waals surface area contributed by atoms with Gasteiger partial charge < -0.3 is 19.1 Å². The molecule has 1 aliphatic heterocycles. The molecule has 1 aromatic rings. The molecule has 3 aliphatic rings. The summed E-state index contributed by atoms with van der Waals surface area (Å²) in [6.45, 7) is 4.18. The van der Waals surface area contributed by atoms with Crippen LogP contribution in [0.25, 0.3) is 0 Å². The number of rotatable bonds is 7. The minimum absolute atomic E-state index is 0.367. The van der Waals surface area contributed by atoms with E-state index in [1.54, 1.807) is 21.3 Å². The molecule has 29 heavy (non-hydrogen) atoms. The van der Waals surface area contributed by atoms with Gasteiger partial charge in [-0.05, 0) is 43.1 Å². The van der Waals surface area contributed by atoms with E-state index in [-0.39, 0.29) is 0 Å². The topological polar surface area (TPSA) is 51.2 Å². The Hall–Kier alpha value is -1.95. The molecule has 2 aliphatic carbocycles. The van der Waals surface area contributed by atoms with Gasteiger partial charge in [-0.15, -0.1) is 0 Å². The van der Waals surface area contributed by atoms with E-state index in [0.29, 0.717) is 23.3 Å². The highest BCUT2D eigenvalue weighted by atomic mass is 16.5. The second-order valence-corrected chi connectivity index (χ2v) is 8.79.